The van der Waals surface area contributed by atoms with Gasteiger partial charge in [-0.3, -0.25) is 4.55 Å². The summed E-state index contributed by atoms with van der Waals surface area (Å²) in [4.78, 5) is -0.134. The van der Waals surface area contributed by atoms with Crippen LogP contribution in [-0.4, -0.2) is 38.2 Å². The maximum Gasteiger partial charge on any atom is 0.296 e. The fourth-order valence-electron chi connectivity index (χ4n) is 2.25. The molecule has 0 unspecified atom stereocenters. The molecule has 0 aliphatic carbocycles. The monoisotopic (exact) mass is 459 g/mol. The zero-order valence-corrected chi connectivity index (χ0v) is 17.2. The van der Waals surface area contributed by atoms with E-state index in [0.29, 0.717) is 32.8 Å². The predicted octanol–water partition coefficient (Wildman–Crippen LogP) is 3.01. The Kier molecular flexibility index (Phi) is 6.22. The second-order valence-corrected chi connectivity index (χ2v) is 8.69. The maximum absolute atomic E-state index is 11.8. The van der Waals surface area contributed by atoms with E-state index in [1.54, 1.807) is 13.8 Å². The molecule has 16 heteroatoms. The molecule has 0 aliphatic rings. The Labute approximate surface area is 172 Å². The zero-order chi connectivity index (χ0) is 21.2. The molecule has 0 aliphatic heterocycles. The smallest absolute Gasteiger partial charge is 0.296 e. The van der Waals surface area contributed by atoms with Crippen molar-refractivity contribution < 1.29 is 27.6 Å². The molecule has 3 aromatic rings. The molecule has 0 bridgehead atoms. The quantitative estimate of drug-likeness (QED) is 0.155. The number of hydrogen-bond acceptors (Lipinski definition) is 13. The third-order valence-corrected chi connectivity index (χ3v) is 5.61. The molecule has 1 aromatic carbocycles. The summed E-state index contributed by atoms with van der Waals surface area (Å²) in [5, 5.41) is 32.7. The number of azo groups is 1. The first-order valence-corrected chi connectivity index (χ1v) is 10.5. The molecule has 2 heterocycles. The molecule has 13 nitrogen and oxygen atoms in total. The molecule has 2 aromatic heterocycles. The van der Waals surface area contributed by atoms with Crippen LogP contribution in [0.5, 0.6) is 0 Å². The SMILES string of the molecule is Cc1nnc(N=Nc2c(C)nn(-c3cc(SOOO)ccc3S(=O)(=O)O)c2N)s1. The second-order valence-electron chi connectivity index (χ2n) is 5.37. The Bertz CT molecular complexity index is 1170. The van der Waals surface area contributed by atoms with E-state index in [1.807, 2.05) is 0 Å². The average molecular weight is 459 g/mol. The molecule has 0 atom stereocenters. The molecule has 0 amide bonds. The van der Waals surface area contributed by atoms with Crippen molar-refractivity contribution in [1.82, 2.24) is 20.0 Å². The van der Waals surface area contributed by atoms with E-state index in [0.717, 1.165) is 10.7 Å². The van der Waals surface area contributed by atoms with Crippen LogP contribution in [0.3, 0.4) is 0 Å². The predicted molar refractivity (Wildman–Crippen MR) is 102 cm³/mol. The molecule has 154 valence electrons. The van der Waals surface area contributed by atoms with E-state index in [9.17, 15) is 13.0 Å². The number of aryl methyl sites for hydroxylation is 2. The van der Waals surface area contributed by atoms with E-state index in [-0.39, 0.29) is 17.2 Å². The lowest BCUT2D eigenvalue weighted by Crippen LogP contribution is -2.09. The van der Waals surface area contributed by atoms with Crippen LogP contribution < -0.4 is 5.73 Å². The molecule has 0 saturated carbocycles. The van der Waals surface area contributed by atoms with Gasteiger partial charge in [0.2, 0.25) is 0 Å². The highest BCUT2D eigenvalue weighted by Gasteiger charge is 2.22. The minimum atomic E-state index is -4.61. The lowest BCUT2D eigenvalue weighted by atomic mass is 10.3. The fraction of sp³-hybridized carbons (Fsp3) is 0.154. The van der Waals surface area contributed by atoms with E-state index in [4.69, 9.17) is 11.0 Å². The lowest BCUT2D eigenvalue weighted by molar-refractivity contribution is -0.432. The number of rotatable bonds is 7. The standard InChI is InChI=1S/C13H13N7O6S3/c1-6-11(16-18-13-17-15-7(2)27-13)12(14)20(19-6)9-5-8(28-26-25-21)3-4-10(9)29(22,23)24/h3-5,21H,14H2,1-2H3,(H,22,23,24). The summed E-state index contributed by atoms with van der Waals surface area (Å²) in [6, 6.07) is 3.75. The third-order valence-electron chi connectivity index (χ3n) is 3.41. The Morgan fingerprint density at radius 2 is 2.03 bits per heavy atom. The van der Waals surface area contributed by atoms with Crippen molar-refractivity contribution in [3.05, 3.63) is 28.9 Å². The highest BCUT2D eigenvalue weighted by atomic mass is 32.2. The van der Waals surface area contributed by atoms with Crippen molar-refractivity contribution in [2.75, 3.05) is 5.73 Å². The first kappa shape index (κ1) is 21.2. The second kappa shape index (κ2) is 8.49. The van der Waals surface area contributed by atoms with Gasteiger partial charge in [-0.1, -0.05) is 16.4 Å². The molecule has 4 N–H and O–H groups in total. The molecular formula is C13H13N7O6S3. The van der Waals surface area contributed by atoms with Crippen molar-refractivity contribution >= 4 is 50.1 Å². The van der Waals surface area contributed by atoms with Gasteiger partial charge in [0.1, 0.15) is 9.90 Å². The summed E-state index contributed by atoms with van der Waals surface area (Å²) >= 11 is 1.81. The van der Waals surface area contributed by atoms with Gasteiger partial charge >= 0.3 is 0 Å². The molecule has 3 rings (SSSR count). The number of benzene rings is 1. The van der Waals surface area contributed by atoms with Crippen molar-refractivity contribution in [1.29, 1.82) is 0 Å². The molecule has 0 spiro atoms. The lowest BCUT2D eigenvalue weighted by Gasteiger charge is -2.10. The van der Waals surface area contributed by atoms with Crippen LogP contribution in [0.2, 0.25) is 0 Å². The van der Waals surface area contributed by atoms with Gasteiger partial charge in [-0.25, -0.2) is 9.94 Å². The third kappa shape index (κ3) is 4.75. The summed E-state index contributed by atoms with van der Waals surface area (Å²) in [7, 11) is -4.61. The topological polar surface area (TPSA) is 187 Å². The number of nitrogen functional groups attached to an aromatic ring is 1. The summed E-state index contributed by atoms with van der Waals surface area (Å²) in [5.41, 5.74) is 6.56. The van der Waals surface area contributed by atoms with Crippen LogP contribution in [0.15, 0.2) is 38.2 Å². The highest BCUT2D eigenvalue weighted by Crippen LogP contribution is 2.34. The maximum atomic E-state index is 11.8. The van der Waals surface area contributed by atoms with Crippen LogP contribution in [0.1, 0.15) is 10.7 Å². The largest absolute Gasteiger partial charge is 0.382 e. The normalized spacial score (nSPS) is 12.1. The van der Waals surface area contributed by atoms with Gasteiger partial charge in [0.05, 0.1) is 23.4 Å². The number of nitrogens with two attached hydrogens (primary N) is 1. The van der Waals surface area contributed by atoms with Gasteiger partial charge in [-0.2, -0.15) is 13.5 Å². The summed E-state index contributed by atoms with van der Waals surface area (Å²) in [5.74, 6) is -0.0288. The number of hydrogen-bond donors (Lipinski definition) is 3. The molecular weight excluding hydrogens is 446 g/mol. The van der Waals surface area contributed by atoms with Crippen molar-refractivity contribution in [3.8, 4) is 5.69 Å². The minimum absolute atomic E-state index is 0.0288. The van der Waals surface area contributed by atoms with E-state index >= 15 is 0 Å². The Morgan fingerprint density at radius 3 is 2.66 bits per heavy atom. The summed E-state index contributed by atoms with van der Waals surface area (Å²) in [6.07, 6.45) is 0. The van der Waals surface area contributed by atoms with Gasteiger partial charge in [-0.05, 0) is 32.0 Å². The first-order chi connectivity index (χ1) is 13.7. The highest BCUT2D eigenvalue weighted by molar-refractivity contribution is 7.94. The molecule has 0 saturated heterocycles. The Hall–Kier alpha value is -2.47. The fourth-order valence-corrected chi connectivity index (χ4v) is 3.80. The van der Waals surface area contributed by atoms with E-state index in [2.05, 4.69) is 34.9 Å². The number of nitrogens with zero attached hydrogens (tertiary/aromatic N) is 6. The van der Waals surface area contributed by atoms with Gasteiger partial charge in [0.25, 0.3) is 15.2 Å². The first-order valence-electron chi connectivity index (χ1n) is 7.54. The van der Waals surface area contributed by atoms with Crippen LogP contribution >= 0.6 is 23.4 Å². The van der Waals surface area contributed by atoms with Gasteiger partial charge in [-0.15, -0.1) is 24.8 Å². The average Bonchev–Trinajstić information content (AvgIpc) is 3.20. The summed E-state index contributed by atoms with van der Waals surface area (Å²) in [6.45, 7) is 3.36. The van der Waals surface area contributed by atoms with E-state index < -0.39 is 15.0 Å². The number of anilines is 1. The minimum Gasteiger partial charge on any atom is -0.382 e. The van der Waals surface area contributed by atoms with Gasteiger partial charge in [0, 0.05) is 4.90 Å². The van der Waals surface area contributed by atoms with Crippen LogP contribution in [0.25, 0.3) is 5.69 Å². The van der Waals surface area contributed by atoms with Gasteiger partial charge < -0.3 is 5.73 Å². The zero-order valence-electron chi connectivity index (χ0n) is 14.7. The van der Waals surface area contributed by atoms with Crippen LogP contribution in [0, 0.1) is 13.8 Å². The molecule has 0 radical (unpaired) electrons. The Balaban J connectivity index is 2.09. The summed E-state index contributed by atoms with van der Waals surface area (Å²) < 4.78 is 38.5. The van der Waals surface area contributed by atoms with Gasteiger partial charge in [0.15, 0.2) is 11.5 Å². The van der Waals surface area contributed by atoms with Crippen LogP contribution in [0.4, 0.5) is 16.6 Å². The van der Waals surface area contributed by atoms with Crippen molar-refractivity contribution in [3.63, 3.8) is 0 Å². The molecule has 0 fully saturated rings. The van der Waals surface area contributed by atoms with Crippen LogP contribution in [-0.2, 0) is 19.5 Å². The molecule has 29 heavy (non-hydrogen) atoms. The van der Waals surface area contributed by atoms with E-state index in [1.165, 1.54) is 23.5 Å². The Morgan fingerprint density at radius 1 is 1.28 bits per heavy atom. The van der Waals surface area contributed by atoms with Crippen molar-refractivity contribution in [2.24, 2.45) is 10.2 Å². The van der Waals surface area contributed by atoms with Crippen molar-refractivity contribution in [2.45, 2.75) is 23.6 Å². The number of aromatic nitrogens is 4.